The van der Waals surface area contributed by atoms with Crippen LogP contribution in [0.25, 0.3) is 22.4 Å². The molecule has 0 fully saturated rings. The first kappa shape index (κ1) is 21.9. The van der Waals surface area contributed by atoms with Crippen LogP contribution in [-0.4, -0.2) is 41.8 Å². The first-order valence-electron chi connectivity index (χ1n) is 10.4. The van der Waals surface area contributed by atoms with Crippen molar-refractivity contribution < 1.29 is 9.47 Å². The molecule has 2 aromatic heterocycles. The summed E-state index contributed by atoms with van der Waals surface area (Å²) >= 11 is 6.07. The summed E-state index contributed by atoms with van der Waals surface area (Å²) in [7, 11) is 1.64. The van der Waals surface area contributed by atoms with Crippen LogP contribution >= 0.6 is 11.6 Å². The minimum atomic E-state index is -0.217. The third-order valence-electron chi connectivity index (χ3n) is 5.12. The highest BCUT2D eigenvalue weighted by Crippen LogP contribution is 2.28. The Bertz CT molecular complexity index is 1280. The second-order valence-electron chi connectivity index (χ2n) is 7.47. The fourth-order valence-corrected chi connectivity index (χ4v) is 3.81. The van der Waals surface area contributed by atoms with Crippen molar-refractivity contribution in [3.8, 4) is 17.1 Å². The Labute approximate surface area is 190 Å². The molecule has 0 spiro atoms. The SMILES string of the molecule is COCCOc1cc(C)c2nc(-c3c(NCCc4cccc(Cl)c4)cc[nH]c3=O)[nH]c2c1. The Morgan fingerprint density at radius 1 is 1.16 bits per heavy atom. The largest absolute Gasteiger partial charge is 0.491 e. The van der Waals surface area contributed by atoms with Crippen molar-refractivity contribution in [3.63, 3.8) is 0 Å². The first-order valence-corrected chi connectivity index (χ1v) is 10.8. The highest BCUT2D eigenvalue weighted by Gasteiger charge is 2.16. The van der Waals surface area contributed by atoms with Gasteiger partial charge >= 0.3 is 0 Å². The van der Waals surface area contributed by atoms with Crippen molar-refractivity contribution in [1.29, 1.82) is 0 Å². The van der Waals surface area contributed by atoms with Crippen molar-refractivity contribution in [2.24, 2.45) is 0 Å². The molecule has 8 heteroatoms. The molecular formula is C24H25ClN4O3. The normalized spacial score (nSPS) is 11.1. The van der Waals surface area contributed by atoms with Crippen molar-refractivity contribution in [1.82, 2.24) is 15.0 Å². The predicted molar refractivity (Wildman–Crippen MR) is 128 cm³/mol. The van der Waals surface area contributed by atoms with E-state index in [1.165, 1.54) is 0 Å². The second kappa shape index (κ2) is 9.89. The van der Waals surface area contributed by atoms with Gasteiger partial charge < -0.3 is 24.8 Å². The Morgan fingerprint density at radius 2 is 2.03 bits per heavy atom. The van der Waals surface area contributed by atoms with E-state index in [0.717, 1.165) is 34.3 Å². The highest BCUT2D eigenvalue weighted by molar-refractivity contribution is 6.30. The average molecular weight is 453 g/mol. The molecule has 2 aromatic carbocycles. The molecule has 0 aliphatic heterocycles. The van der Waals surface area contributed by atoms with E-state index < -0.39 is 0 Å². The van der Waals surface area contributed by atoms with Crippen molar-refractivity contribution >= 4 is 28.3 Å². The lowest BCUT2D eigenvalue weighted by Crippen LogP contribution is -2.14. The summed E-state index contributed by atoms with van der Waals surface area (Å²) in [6.45, 7) is 3.58. The number of fused-ring (bicyclic) bond motifs is 1. The number of aromatic nitrogens is 3. The maximum atomic E-state index is 12.7. The summed E-state index contributed by atoms with van der Waals surface area (Å²) in [5, 5.41) is 4.07. The van der Waals surface area contributed by atoms with E-state index in [9.17, 15) is 4.79 Å². The fourth-order valence-electron chi connectivity index (χ4n) is 3.60. The molecule has 0 atom stereocenters. The smallest absolute Gasteiger partial charge is 0.261 e. The molecule has 3 N–H and O–H groups in total. The molecular weight excluding hydrogens is 428 g/mol. The molecule has 0 unspecified atom stereocenters. The zero-order chi connectivity index (χ0) is 22.5. The summed E-state index contributed by atoms with van der Waals surface area (Å²) in [6, 6.07) is 13.4. The van der Waals surface area contributed by atoms with Crippen LogP contribution in [0.15, 0.2) is 53.5 Å². The second-order valence-corrected chi connectivity index (χ2v) is 7.90. The zero-order valence-electron chi connectivity index (χ0n) is 18.0. The van der Waals surface area contributed by atoms with E-state index in [4.69, 9.17) is 26.1 Å². The Hall–Kier alpha value is -3.29. The molecule has 0 radical (unpaired) electrons. The average Bonchev–Trinajstić information content (AvgIpc) is 3.18. The monoisotopic (exact) mass is 452 g/mol. The number of hydrogen-bond acceptors (Lipinski definition) is 5. The first-order chi connectivity index (χ1) is 15.5. The van der Waals surface area contributed by atoms with E-state index in [0.29, 0.717) is 41.9 Å². The van der Waals surface area contributed by atoms with Crippen LogP contribution in [0.1, 0.15) is 11.1 Å². The van der Waals surface area contributed by atoms with Crippen LogP contribution in [0.4, 0.5) is 5.69 Å². The number of nitrogens with one attached hydrogen (secondary N) is 3. The Morgan fingerprint density at radius 3 is 2.84 bits per heavy atom. The summed E-state index contributed by atoms with van der Waals surface area (Å²) < 4.78 is 10.8. The van der Waals surface area contributed by atoms with E-state index >= 15 is 0 Å². The summed E-state index contributed by atoms with van der Waals surface area (Å²) in [6.07, 6.45) is 2.40. The zero-order valence-corrected chi connectivity index (χ0v) is 18.8. The Balaban J connectivity index is 1.60. The molecule has 32 heavy (non-hydrogen) atoms. The van der Waals surface area contributed by atoms with Crippen LogP contribution < -0.4 is 15.6 Å². The van der Waals surface area contributed by atoms with E-state index in [-0.39, 0.29) is 5.56 Å². The predicted octanol–water partition coefficient (Wildman–Crippen LogP) is 4.56. The van der Waals surface area contributed by atoms with Gasteiger partial charge in [0.2, 0.25) is 0 Å². The number of nitrogens with zero attached hydrogens (tertiary/aromatic N) is 1. The summed E-state index contributed by atoms with van der Waals surface area (Å²) in [5.41, 5.74) is 4.65. The molecule has 166 valence electrons. The fraction of sp³-hybridized carbons (Fsp3) is 0.250. The van der Waals surface area contributed by atoms with Crippen LogP contribution in [0, 0.1) is 6.92 Å². The molecule has 7 nitrogen and oxygen atoms in total. The van der Waals surface area contributed by atoms with Gasteiger partial charge in [0.05, 0.1) is 23.3 Å². The quantitative estimate of drug-likeness (QED) is 0.324. The molecule has 0 bridgehead atoms. The van der Waals surface area contributed by atoms with Gasteiger partial charge in [-0.1, -0.05) is 23.7 Å². The number of anilines is 1. The van der Waals surface area contributed by atoms with Gasteiger partial charge in [-0.3, -0.25) is 4.79 Å². The number of methoxy groups -OCH3 is 1. The van der Waals surface area contributed by atoms with Gasteiger partial charge in [-0.15, -0.1) is 0 Å². The maximum absolute atomic E-state index is 12.7. The lowest BCUT2D eigenvalue weighted by atomic mass is 10.1. The number of aromatic amines is 2. The van der Waals surface area contributed by atoms with Crippen molar-refractivity contribution in [2.75, 3.05) is 32.2 Å². The Kier molecular flexibility index (Phi) is 6.78. The lowest BCUT2D eigenvalue weighted by molar-refractivity contribution is 0.146. The number of aryl methyl sites for hydroxylation is 1. The standard InChI is InChI=1S/C24H25ClN4O3/c1-15-12-18(32-11-10-31-2)14-20-22(15)29-23(28-20)21-19(7-9-27-24(21)30)26-8-6-16-4-3-5-17(25)13-16/h3-5,7,9,12-14H,6,8,10-11H2,1-2H3,(H,28,29)(H2,26,27,30). The molecule has 4 rings (SSSR count). The number of halogens is 1. The number of H-pyrrole nitrogens is 2. The van der Waals surface area contributed by atoms with Gasteiger partial charge in [0, 0.05) is 30.9 Å². The van der Waals surface area contributed by atoms with E-state index in [1.54, 1.807) is 13.3 Å². The number of benzene rings is 2. The molecule has 2 heterocycles. The van der Waals surface area contributed by atoms with Crippen LogP contribution in [0.2, 0.25) is 5.02 Å². The van der Waals surface area contributed by atoms with Gasteiger partial charge in [0.1, 0.15) is 23.7 Å². The van der Waals surface area contributed by atoms with Gasteiger partial charge in [0.15, 0.2) is 0 Å². The summed E-state index contributed by atoms with van der Waals surface area (Å²) in [4.78, 5) is 23.4. The maximum Gasteiger partial charge on any atom is 0.261 e. The molecule has 0 aliphatic carbocycles. The molecule has 0 saturated heterocycles. The summed E-state index contributed by atoms with van der Waals surface area (Å²) in [5.74, 6) is 1.23. The van der Waals surface area contributed by atoms with E-state index in [1.807, 2.05) is 49.4 Å². The molecule has 0 saturated carbocycles. The molecule has 0 amide bonds. The number of hydrogen-bond donors (Lipinski definition) is 3. The van der Waals surface area contributed by atoms with Gasteiger partial charge in [-0.2, -0.15) is 0 Å². The van der Waals surface area contributed by atoms with Crippen molar-refractivity contribution in [3.05, 3.63) is 75.2 Å². The van der Waals surface area contributed by atoms with Crippen molar-refractivity contribution in [2.45, 2.75) is 13.3 Å². The van der Waals surface area contributed by atoms with Crippen LogP contribution in [-0.2, 0) is 11.2 Å². The van der Waals surface area contributed by atoms with Crippen LogP contribution in [0.5, 0.6) is 5.75 Å². The number of imidazole rings is 1. The van der Waals surface area contributed by atoms with Gasteiger partial charge in [0.25, 0.3) is 5.56 Å². The minimum Gasteiger partial charge on any atom is -0.491 e. The number of pyridine rings is 1. The molecule has 4 aromatic rings. The van der Waals surface area contributed by atoms with Crippen LogP contribution in [0.3, 0.4) is 0 Å². The third kappa shape index (κ3) is 4.95. The lowest BCUT2D eigenvalue weighted by Gasteiger charge is -2.10. The van der Waals surface area contributed by atoms with E-state index in [2.05, 4.69) is 15.3 Å². The number of rotatable bonds is 9. The topological polar surface area (TPSA) is 92.0 Å². The number of ether oxygens (including phenoxy) is 2. The van der Waals surface area contributed by atoms with Gasteiger partial charge in [-0.05, 0) is 48.7 Å². The van der Waals surface area contributed by atoms with Gasteiger partial charge in [-0.25, -0.2) is 4.98 Å². The molecule has 0 aliphatic rings. The minimum absolute atomic E-state index is 0.217. The highest BCUT2D eigenvalue weighted by atomic mass is 35.5. The third-order valence-corrected chi connectivity index (χ3v) is 5.36.